The van der Waals surface area contributed by atoms with Crippen molar-refractivity contribution in [1.82, 2.24) is 0 Å². The highest BCUT2D eigenvalue weighted by molar-refractivity contribution is 6.35. The van der Waals surface area contributed by atoms with Gasteiger partial charge in [-0.1, -0.05) is 97.1 Å². The maximum Gasteiger partial charge on any atom is -0.00201 e. The lowest BCUT2D eigenvalue weighted by molar-refractivity contribution is 1.78. The van der Waals surface area contributed by atoms with E-state index in [9.17, 15) is 0 Å². The van der Waals surface area contributed by atoms with Gasteiger partial charge < -0.3 is 0 Å². The molecule has 0 aromatic heterocycles. The minimum atomic E-state index is 1.29. The third-order valence-corrected chi connectivity index (χ3v) is 6.57. The van der Waals surface area contributed by atoms with Gasteiger partial charge in [0.25, 0.3) is 0 Å². The molecule has 7 aromatic carbocycles. The predicted octanol–water partition coefficient (Wildman–Crippen LogP) is 8.61. The van der Waals surface area contributed by atoms with Crippen molar-refractivity contribution in [1.29, 1.82) is 0 Å². The molecule has 7 aromatic rings. The summed E-state index contributed by atoms with van der Waals surface area (Å²) in [5.41, 5.74) is 0. The quantitative estimate of drug-likeness (QED) is 0.183. The van der Waals surface area contributed by atoms with Gasteiger partial charge in [0.2, 0.25) is 0 Å². The fraction of sp³-hybridized carbons (Fsp3) is 0. The number of benzene rings is 7. The maximum atomic E-state index is 2.37. The van der Waals surface area contributed by atoms with E-state index >= 15 is 0 Å². The molecule has 0 nitrogen and oxygen atoms in total. The Labute approximate surface area is 174 Å². The molecule has 0 aliphatic carbocycles. The lowest BCUT2D eigenvalue weighted by Gasteiger charge is -2.15. The smallest absolute Gasteiger partial charge is 0.00201 e. The topological polar surface area (TPSA) is 0 Å². The Hall–Kier alpha value is -3.90. The molecule has 0 amide bonds. The summed E-state index contributed by atoms with van der Waals surface area (Å²) in [5.74, 6) is 0. The van der Waals surface area contributed by atoms with Crippen LogP contribution in [0.5, 0.6) is 0 Å². The number of rotatable bonds is 0. The second-order valence-corrected chi connectivity index (χ2v) is 8.16. The average molecular weight is 378 g/mol. The van der Waals surface area contributed by atoms with Crippen LogP contribution in [-0.4, -0.2) is 0 Å². The molecule has 0 fully saturated rings. The molecule has 0 atom stereocenters. The first-order valence-corrected chi connectivity index (χ1v) is 10.5. The van der Waals surface area contributed by atoms with E-state index < -0.39 is 0 Å². The average Bonchev–Trinajstić information content (AvgIpc) is 2.82. The summed E-state index contributed by atoms with van der Waals surface area (Å²) < 4.78 is 0. The molecular formula is C30H18. The highest BCUT2D eigenvalue weighted by atomic mass is 14.2. The van der Waals surface area contributed by atoms with E-state index in [1.807, 2.05) is 0 Å². The van der Waals surface area contributed by atoms with Gasteiger partial charge in [0.05, 0.1) is 0 Å². The maximum absolute atomic E-state index is 2.37. The zero-order valence-corrected chi connectivity index (χ0v) is 16.4. The molecule has 0 heteroatoms. The normalized spacial score (nSPS) is 12.0. The largest absolute Gasteiger partial charge is 0.0616 e. The summed E-state index contributed by atoms with van der Waals surface area (Å²) in [6.07, 6.45) is 0. The molecule has 138 valence electrons. The zero-order chi connectivity index (χ0) is 19.7. The molecule has 0 heterocycles. The predicted molar refractivity (Wildman–Crippen MR) is 131 cm³/mol. The van der Waals surface area contributed by atoms with E-state index in [-0.39, 0.29) is 0 Å². The van der Waals surface area contributed by atoms with Crippen LogP contribution in [0.2, 0.25) is 0 Å². The molecule has 0 spiro atoms. The van der Waals surface area contributed by atoms with Crippen LogP contribution >= 0.6 is 0 Å². The molecule has 0 saturated carbocycles. The summed E-state index contributed by atoms with van der Waals surface area (Å²) in [5, 5.41) is 15.9. The first kappa shape index (κ1) is 16.0. The minimum Gasteiger partial charge on any atom is -0.0616 e. The van der Waals surface area contributed by atoms with Gasteiger partial charge in [-0.2, -0.15) is 0 Å². The first-order valence-electron chi connectivity index (χ1n) is 10.5. The first-order chi connectivity index (χ1) is 14.9. The van der Waals surface area contributed by atoms with Gasteiger partial charge in [0, 0.05) is 0 Å². The van der Waals surface area contributed by atoms with Crippen molar-refractivity contribution in [3.8, 4) is 0 Å². The van der Waals surface area contributed by atoms with Gasteiger partial charge in [-0.05, 0) is 76.8 Å². The van der Waals surface area contributed by atoms with Crippen molar-refractivity contribution in [2.45, 2.75) is 0 Å². The Morgan fingerprint density at radius 2 is 0.733 bits per heavy atom. The van der Waals surface area contributed by atoms with E-state index in [0.29, 0.717) is 0 Å². The van der Waals surface area contributed by atoms with Crippen LogP contribution in [0.15, 0.2) is 109 Å². The van der Waals surface area contributed by atoms with Gasteiger partial charge >= 0.3 is 0 Å². The standard InChI is InChI=1S/C30H18/c1-2-9-21-18-28-22(17-20(21)8-1)14-16-27-26-15-13-19-7-3-4-10-23(19)29(26)24-11-5-6-12-25(24)30(27)28/h1-18H. The molecule has 0 aliphatic rings. The Balaban J connectivity index is 1.82. The van der Waals surface area contributed by atoms with Crippen molar-refractivity contribution >= 4 is 64.6 Å². The van der Waals surface area contributed by atoms with Crippen molar-refractivity contribution in [2.75, 3.05) is 0 Å². The van der Waals surface area contributed by atoms with Crippen LogP contribution in [0.1, 0.15) is 0 Å². The van der Waals surface area contributed by atoms with Gasteiger partial charge in [0.1, 0.15) is 0 Å². The lowest BCUT2D eigenvalue weighted by Crippen LogP contribution is -1.87. The third-order valence-electron chi connectivity index (χ3n) is 6.57. The molecule has 0 bridgehead atoms. The lowest BCUT2D eigenvalue weighted by atomic mass is 9.88. The van der Waals surface area contributed by atoms with Gasteiger partial charge in [0.15, 0.2) is 0 Å². The summed E-state index contributed by atoms with van der Waals surface area (Å²) in [6, 6.07) is 40.1. The van der Waals surface area contributed by atoms with E-state index in [2.05, 4.69) is 109 Å². The van der Waals surface area contributed by atoms with Crippen LogP contribution < -0.4 is 0 Å². The molecular weight excluding hydrogens is 360 g/mol. The van der Waals surface area contributed by atoms with Crippen LogP contribution in [0, 0.1) is 0 Å². The fourth-order valence-corrected chi connectivity index (χ4v) is 5.23. The molecule has 30 heavy (non-hydrogen) atoms. The number of fused-ring (bicyclic) bond motifs is 11. The number of hydrogen-bond donors (Lipinski definition) is 0. The van der Waals surface area contributed by atoms with Crippen LogP contribution in [-0.2, 0) is 0 Å². The third kappa shape index (κ3) is 2.06. The van der Waals surface area contributed by atoms with E-state index in [0.717, 1.165) is 0 Å². The Morgan fingerprint density at radius 3 is 1.43 bits per heavy atom. The van der Waals surface area contributed by atoms with Crippen molar-refractivity contribution < 1.29 is 0 Å². The SMILES string of the molecule is c1ccc2cc3c(ccc4c5ccc6ccccc6c5c5ccccc5c34)cc2c1. The summed E-state index contributed by atoms with van der Waals surface area (Å²) in [7, 11) is 0. The fourth-order valence-electron chi connectivity index (χ4n) is 5.23. The molecule has 0 unspecified atom stereocenters. The number of hydrogen-bond acceptors (Lipinski definition) is 0. The van der Waals surface area contributed by atoms with Crippen molar-refractivity contribution in [2.24, 2.45) is 0 Å². The van der Waals surface area contributed by atoms with E-state index in [4.69, 9.17) is 0 Å². The van der Waals surface area contributed by atoms with Crippen LogP contribution in [0.3, 0.4) is 0 Å². The van der Waals surface area contributed by atoms with E-state index in [1.54, 1.807) is 0 Å². The van der Waals surface area contributed by atoms with Crippen molar-refractivity contribution in [3.05, 3.63) is 109 Å². The Bertz CT molecular complexity index is 1770. The highest BCUT2D eigenvalue weighted by Crippen LogP contribution is 2.42. The van der Waals surface area contributed by atoms with Gasteiger partial charge in [-0.3, -0.25) is 0 Å². The Morgan fingerprint density at radius 1 is 0.267 bits per heavy atom. The van der Waals surface area contributed by atoms with E-state index in [1.165, 1.54) is 64.6 Å². The summed E-state index contributed by atoms with van der Waals surface area (Å²) >= 11 is 0. The Kier molecular flexibility index (Phi) is 3.09. The highest BCUT2D eigenvalue weighted by Gasteiger charge is 2.13. The molecule has 0 aliphatic heterocycles. The molecule has 0 saturated heterocycles. The van der Waals surface area contributed by atoms with Crippen LogP contribution in [0.25, 0.3) is 64.6 Å². The monoisotopic (exact) mass is 378 g/mol. The van der Waals surface area contributed by atoms with Crippen LogP contribution in [0.4, 0.5) is 0 Å². The van der Waals surface area contributed by atoms with Crippen molar-refractivity contribution in [3.63, 3.8) is 0 Å². The van der Waals surface area contributed by atoms with Gasteiger partial charge in [-0.15, -0.1) is 0 Å². The van der Waals surface area contributed by atoms with Gasteiger partial charge in [-0.25, -0.2) is 0 Å². The second kappa shape index (κ2) is 5.81. The summed E-state index contributed by atoms with van der Waals surface area (Å²) in [4.78, 5) is 0. The molecule has 0 N–H and O–H groups in total. The second-order valence-electron chi connectivity index (χ2n) is 8.16. The molecule has 0 radical (unpaired) electrons. The minimum absolute atomic E-state index is 1.29. The zero-order valence-electron chi connectivity index (χ0n) is 16.4. The molecule has 7 rings (SSSR count). The summed E-state index contributed by atoms with van der Waals surface area (Å²) in [6.45, 7) is 0.